The maximum atomic E-state index is 12.5. The second kappa shape index (κ2) is 6.56. The van der Waals surface area contributed by atoms with Gasteiger partial charge in [0.15, 0.2) is 0 Å². The van der Waals surface area contributed by atoms with Crippen molar-refractivity contribution < 1.29 is 13.2 Å². The van der Waals surface area contributed by atoms with E-state index in [-0.39, 0.29) is 23.4 Å². The molecule has 1 aromatic rings. The van der Waals surface area contributed by atoms with Gasteiger partial charge < -0.3 is 4.74 Å². The van der Waals surface area contributed by atoms with Crippen molar-refractivity contribution in [2.45, 2.75) is 43.2 Å². The van der Waals surface area contributed by atoms with Crippen molar-refractivity contribution in [3.8, 4) is 6.07 Å². The number of ether oxygens (including phenoxy) is 1. The van der Waals surface area contributed by atoms with Gasteiger partial charge in [-0.3, -0.25) is 4.68 Å². The van der Waals surface area contributed by atoms with Crippen molar-refractivity contribution in [1.82, 2.24) is 14.1 Å². The quantitative estimate of drug-likeness (QED) is 0.814. The molecule has 116 valence electrons. The average Bonchev–Trinajstić information content (AvgIpc) is 2.98. The Balaban J connectivity index is 2.17. The van der Waals surface area contributed by atoms with E-state index in [9.17, 15) is 8.42 Å². The van der Waals surface area contributed by atoms with E-state index in [2.05, 4.69) is 5.10 Å². The first kappa shape index (κ1) is 15.9. The lowest BCUT2D eigenvalue weighted by atomic mass is 10.1. The highest BCUT2D eigenvalue weighted by Crippen LogP contribution is 2.23. The normalized spacial score (nSPS) is 18.6. The molecule has 7 nitrogen and oxygen atoms in total. The van der Waals surface area contributed by atoms with Gasteiger partial charge >= 0.3 is 0 Å². The van der Waals surface area contributed by atoms with Crippen LogP contribution in [0.15, 0.2) is 17.3 Å². The molecule has 1 fully saturated rings. The van der Waals surface area contributed by atoms with Gasteiger partial charge in [0.1, 0.15) is 4.90 Å². The molecule has 0 aromatic carbocycles. The van der Waals surface area contributed by atoms with Crippen LogP contribution in [0.4, 0.5) is 0 Å². The number of hydrogen-bond donors (Lipinski definition) is 0. The Kier molecular flexibility index (Phi) is 4.98. The third kappa shape index (κ3) is 3.43. The maximum Gasteiger partial charge on any atom is 0.246 e. The summed E-state index contributed by atoms with van der Waals surface area (Å²) >= 11 is 0. The molecule has 0 saturated carbocycles. The smallest absolute Gasteiger partial charge is 0.246 e. The molecule has 0 bridgehead atoms. The van der Waals surface area contributed by atoms with Crippen LogP contribution in [-0.4, -0.2) is 48.8 Å². The molecule has 2 rings (SSSR count). The number of sulfonamides is 1. The minimum atomic E-state index is -3.61. The predicted octanol–water partition coefficient (Wildman–Crippen LogP) is 1.16. The molecule has 0 radical (unpaired) electrons. The fourth-order valence-corrected chi connectivity index (χ4v) is 3.57. The van der Waals surface area contributed by atoms with Crippen molar-refractivity contribution in [1.29, 1.82) is 5.26 Å². The summed E-state index contributed by atoms with van der Waals surface area (Å²) in [6, 6.07) is 1.80. The van der Waals surface area contributed by atoms with Gasteiger partial charge in [0.05, 0.1) is 24.7 Å². The zero-order valence-corrected chi connectivity index (χ0v) is 13.1. The van der Waals surface area contributed by atoms with E-state index < -0.39 is 10.0 Å². The Hall–Kier alpha value is -1.43. The van der Waals surface area contributed by atoms with E-state index in [0.717, 1.165) is 12.8 Å². The number of nitriles is 1. The summed E-state index contributed by atoms with van der Waals surface area (Å²) < 4.78 is 33.2. The Morgan fingerprint density at radius 2 is 2.24 bits per heavy atom. The lowest BCUT2D eigenvalue weighted by Crippen LogP contribution is -2.34. The minimum absolute atomic E-state index is 0.157. The summed E-state index contributed by atoms with van der Waals surface area (Å²) in [6.45, 7) is 3.06. The maximum absolute atomic E-state index is 12.5. The summed E-state index contributed by atoms with van der Waals surface area (Å²) in [5.74, 6) is 0. The van der Waals surface area contributed by atoms with Crippen LogP contribution in [0.1, 0.15) is 32.2 Å². The van der Waals surface area contributed by atoms with Crippen LogP contribution in [0.2, 0.25) is 0 Å². The van der Waals surface area contributed by atoms with Crippen molar-refractivity contribution in [3.63, 3.8) is 0 Å². The number of aromatic nitrogens is 2. The molecular formula is C13H20N4O3S. The van der Waals surface area contributed by atoms with Crippen molar-refractivity contribution >= 4 is 10.0 Å². The number of rotatable bonds is 5. The molecule has 0 unspecified atom stereocenters. The van der Waals surface area contributed by atoms with Gasteiger partial charge in [0.2, 0.25) is 10.0 Å². The van der Waals surface area contributed by atoms with Gasteiger partial charge in [-0.15, -0.1) is 0 Å². The highest BCUT2D eigenvalue weighted by molar-refractivity contribution is 7.89. The molecule has 1 atom stereocenters. The molecule has 8 heteroatoms. The van der Waals surface area contributed by atoms with E-state index in [4.69, 9.17) is 10.00 Å². The monoisotopic (exact) mass is 312 g/mol. The first-order valence-corrected chi connectivity index (χ1v) is 8.37. The van der Waals surface area contributed by atoms with Gasteiger partial charge in [0, 0.05) is 32.5 Å². The summed E-state index contributed by atoms with van der Waals surface area (Å²) in [7, 11) is -2.12. The minimum Gasteiger partial charge on any atom is -0.381 e. The van der Waals surface area contributed by atoms with Crippen molar-refractivity contribution in [3.05, 3.63) is 12.4 Å². The first-order chi connectivity index (χ1) is 9.96. The Labute approximate surface area is 125 Å². The van der Waals surface area contributed by atoms with Crippen molar-refractivity contribution in [2.75, 3.05) is 20.3 Å². The lowest BCUT2D eigenvalue weighted by Gasteiger charge is -2.23. The molecule has 2 heterocycles. The van der Waals surface area contributed by atoms with Crippen LogP contribution in [0.3, 0.4) is 0 Å². The van der Waals surface area contributed by atoms with Crippen molar-refractivity contribution in [2.24, 2.45) is 0 Å². The first-order valence-electron chi connectivity index (χ1n) is 6.93. The Bertz CT molecular complexity index is 614. The van der Waals surface area contributed by atoms with Crippen LogP contribution in [-0.2, 0) is 14.8 Å². The van der Waals surface area contributed by atoms with Crippen LogP contribution < -0.4 is 0 Å². The molecule has 1 aliphatic rings. The Morgan fingerprint density at radius 3 is 2.86 bits per heavy atom. The summed E-state index contributed by atoms with van der Waals surface area (Å²) in [4.78, 5) is 0.168. The Morgan fingerprint density at radius 1 is 1.57 bits per heavy atom. The van der Waals surface area contributed by atoms with Gasteiger partial charge in [-0.05, 0) is 19.8 Å². The molecule has 21 heavy (non-hydrogen) atoms. The largest absolute Gasteiger partial charge is 0.381 e. The molecule has 0 aliphatic carbocycles. The zero-order valence-electron chi connectivity index (χ0n) is 12.3. The molecule has 1 aromatic heterocycles. The number of nitrogens with zero attached hydrogens (tertiary/aromatic N) is 4. The topological polar surface area (TPSA) is 88.2 Å². The van der Waals surface area contributed by atoms with Gasteiger partial charge in [-0.1, -0.05) is 0 Å². The number of hydrogen-bond acceptors (Lipinski definition) is 5. The molecular weight excluding hydrogens is 292 g/mol. The summed E-state index contributed by atoms with van der Waals surface area (Å²) in [5.41, 5.74) is 0. The third-order valence-corrected chi connectivity index (χ3v) is 5.75. The lowest BCUT2D eigenvalue weighted by molar-refractivity contribution is 0.0662. The standard InChI is InChI=1S/C13H20N4O3S/c1-11(3-6-14)16(2)21(18,19)13-9-15-17(10-13)12-4-7-20-8-5-12/h9-12H,3-5,7-8H2,1-2H3/t11-/m0/s1. The van der Waals surface area contributed by atoms with Crippen LogP contribution >= 0.6 is 0 Å². The van der Waals surface area contributed by atoms with E-state index >= 15 is 0 Å². The molecule has 1 saturated heterocycles. The van der Waals surface area contributed by atoms with E-state index in [0.29, 0.717) is 13.2 Å². The molecule has 1 aliphatic heterocycles. The van der Waals surface area contributed by atoms with Gasteiger partial charge in [-0.2, -0.15) is 14.7 Å². The SMILES string of the molecule is C[C@@H](CC#N)N(C)S(=O)(=O)c1cnn(C2CCOCC2)c1. The van der Waals surface area contributed by atoms with Crippen LogP contribution in [0.25, 0.3) is 0 Å². The second-order valence-electron chi connectivity index (χ2n) is 5.23. The molecule has 0 amide bonds. The summed E-state index contributed by atoms with van der Waals surface area (Å²) in [6.07, 6.45) is 4.77. The van der Waals surface area contributed by atoms with Gasteiger partial charge in [-0.25, -0.2) is 8.42 Å². The summed E-state index contributed by atoms with van der Waals surface area (Å²) in [5, 5.41) is 12.9. The van der Waals surface area contributed by atoms with E-state index in [1.807, 2.05) is 6.07 Å². The third-order valence-electron chi connectivity index (χ3n) is 3.83. The fraction of sp³-hybridized carbons (Fsp3) is 0.692. The predicted molar refractivity (Wildman–Crippen MR) is 76.0 cm³/mol. The van der Waals surface area contributed by atoms with Crippen LogP contribution in [0, 0.1) is 11.3 Å². The highest BCUT2D eigenvalue weighted by Gasteiger charge is 2.27. The van der Waals surface area contributed by atoms with Crippen LogP contribution in [0.5, 0.6) is 0 Å². The van der Waals surface area contributed by atoms with Gasteiger partial charge in [0.25, 0.3) is 0 Å². The molecule has 0 spiro atoms. The molecule has 0 N–H and O–H groups in total. The average molecular weight is 312 g/mol. The van der Waals surface area contributed by atoms with E-state index in [1.54, 1.807) is 17.8 Å². The second-order valence-corrected chi connectivity index (χ2v) is 7.23. The fourth-order valence-electron chi connectivity index (χ4n) is 2.27. The zero-order chi connectivity index (χ0) is 15.5. The highest BCUT2D eigenvalue weighted by atomic mass is 32.2. The van der Waals surface area contributed by atoms with E-state index in [1.165, 1.54) is 17.5 Å².